The van der Waals surface area contributed by atoms with Crippen molar-refractivity contribution < 1.29 is 13.2 Å². The zero-order chi connectivity index (χ0) is 15.0. The van der Waals surface area contributed by atoms with E-state index in [-0.39, 0.29) is 11.9 Å². The lowest BCUT2D eigenvalue weighted by atomic mass is 10.1. The molecule has 0 radical (unpaired) electrons. The lowest BCUT2D eigenvalue weighted by Crippen LogP contribution is -2.44. The van der Waals surface area contributed by atoms with Crippen LogP contribution < -0.4 is 5.32 Å². The molecule has 0 amide bonds. The van der Waals surface area contributed by atoms with E-state index < -0.39 is 10.0 Å². The molecule has 5 nitrogen and oxygen atoms in total. The molecule has 0 aromatic carbocycles. The third kappa shape index (κ3) is 6.52. The van der Waals surface area contributed by atoms with Crippen LogP contribution in [0.5, 0.6) is 0 Å². The summed E-state index contributed by atoms with van der Waals surface area (Å²) < 4.78 is 31.7. The number of hydrogen-bond donors (Lipinski definition) is 1. The van der Waals surface area contributed by atoms with Gasteiger partial charge in [0.2, 0.25) is 10.0 Å². The average molecular weight is 306 g/mol. The van der Waals surface area contributed by atoms with Crippen LogP contribution in [0.3, 0.4) is 0 Å². The second-order valence-corrected chi connectivity index (χ2v) is 7.80. The van der Waals surface area contributed by atoms with Crippen molar-refractivity contribution in [1.82, 2.24) is 9.62 Å². The summed E-state index contributed by atoms with van der Waals surface area (Å²) in [6.45, 7) is 8.86. The first kappa shape index (κ1) is 17.9. The zero-order valence-electron chi connectivity index (χ0n) is 13.1. The molecule has 0 bridgehead atoms. The molecule has 0 aromatic rings. The summed E-state index contributed by atoms with van der Waals surface area (Å²) in [6, 6.07) is 0.459. The van der Waals surface area contributed by atoms with Crippen molar-refractivity contribution >= 4 is 10.0 Å². The summed E-state index contributed by atoms with van der Waals surface area (Å²) in [7, 11) is -3.11. The summed E-state index contributed by atoms with van der Waals surface area (Å²) in [4.78, 5) is 0. The van der Waals surface area contributed by atoms with Crippen LogP contribution in [-0.4, -0.2) is 56.9 Å². The lowest BCUT2D eigenvalue weighted by molar-refractivity contribution is 0.0265. The topological polar surface area (TPSA) is 58.6 Å². The smallest absolute Gasteiger partial charge is 0.214 e. The predicted molar refractivity (Wildman–Crippen MR) is 82.4 cm³/mol. The molecular formula is C14H30N2O3S. The molecule has 1 atom stereocenters. The zero-order valence-corrected chi connectivity index (χ0v) is 13.9. The molecule has 0 aromatic heterocycles. The number of ether oxygens (including phenoxy) is 1. The number of nitrogens with one attached hydrogen (secondary N) is 1. The van der Waals surface area contributed by atoms with Gasteiger partial charge in [0.05, 0.1) is 11.9 Å². The second-order valence-electron chi connectivity index (χ2n) is 5.71. The Kier molecular flexibility index (Phi) is 8.02. The normalized spacial score (nSPS) is 21.5. The van der Waals surface area contributed by atoms with Crippen LogP contribution in [0.1, 0.15) is 46.5 Å². The van der Waals surface area contributed by atoms with Crippen molar-refractivity contribution in [2.75, 3.05) is 32.0 Å². The minimum absolute atomic E-state index is 0.0751. The van der Waals surface area contributed by atoms with Crippen LogP contribution >= 0.6 is 0 Å². The predicted octanol–water partition coefficient (Wildman–Crippen LogP) is 1.60. The van der Waals surface area contributed by atoms with E-state index in [9.17, 15) is 8.42 Å². The molecule has 1 rings (SSSR count). The fourth-order valence-electron chi connectivity index (χ4n) is 2.46. The fraction of sp³-hybridized carbons (Fsp3) is 1.00. The molecule has 1 N–H and O–H groups in total. The fourth-order valence-corrected chi connectivity index (χ4v) is 4.09. The number of unbranched alkanes of at least 4 members (excludes halogenated alkanes) is 1. The van der Waals surface area contributed by atoms with Crippen molar-refractivity contribution in [3.63, 3.8) is 0 Å². The van der Waals surface area contributed by atoms with Crippen LogP contribution in [0.25, 0.3) is 0 Å². The van der Waals surface area contributed by atoms with E-state index in [1.807, 2.05) is 6.92 Å². The number of sulfonamides is 1. The third-order valence-electron chi connectivity index (χ3n) is 3.52. The average Bonchev–Trinajstić information content (AvgIpc) is 2.38. The highest BCUT2D eigenvalue weighted by Crippen LogP contribution is 2.17. The Hall–Kier alpha value is -0.170. The molecule has 20 heavy (non-hydrogen) atoms. The Balaban J connectivity index is 2.32. The van der Waals surface area contributed by atoms with Gasteiger partial charge in [0, 0.05) is 25.7 Å². The van der Waals surface area contributed by atoms with E-state index in [4.69, 9.17) is 4.74 Å². The molecule has 1 fully saturated rings. The number of hydrogen-bond acceptors (Lipinski definition) is 4. The van der Waals surface area contributed by atoms with Crippen LogP contribution in [0.2, 0.25) is 0 Å². The molecule has 120 valence electrons. The van der Waals surface area contributed by atoms with E-state index in [0.717, 1.165) is 32.2 Å². The summed E-state index contributed by atoms with van der Waals surface area (Å²) in [5, 5.41) is 3.31. The highest BCUT2D eigenvalue weighted by Gasteiger charge is 2.28. The Morgan fingerprint density at radius 2 is 2.10 bits per heavy atom. The monoisotopic (exact) mass is 306 g/mol. The lowest BCUT2D eigenvalue weighted by Gasteiger charge is -2.31. The molecule has 1 heterocycles. The van der Waals surface area contributed by atoms with Crippen LogP contribution in [0, 0.1) is 0 Å². The first-order chi connectivity index (χ1) is 9.45. The van der Waals surface area contributed by atoms with Gasteiger partial charge in [-0.1, -0.05) is 13.8 Å². The van der Waals surface area contributed by atoms with Crippen molar-refractivity contribution in [2.24, 2.45) is 0 Å². The van der Waals surface area contributed by atoms with Gasteiger partial charge >= 0.3 is 0 Å². The van der Waals surface area contributed by atoms with Gasteiger partial charge in [0.1, 0.15) is 0 Å². The second kappa shape index (κ2) is 8.97. The quantitative estimate of drug-likeness (QED) is 0.657. The van der Waals surface area contributed by atoms with Gasteiger partial charge in [-0.15, -0.1) is 0 Å². The molecule has 6 heteroatoms. The van der Waals surface area contributed by atoms with Gasteiger partial charge < -0.3 is 10.1 Å². The minimum atomic E-state index is -3.11. The van der Waals surface area contributed by atoms with Gasteiger partial charge in [-0.25, -0.2) is 8.42 Å². The molecule has 0 saturated carbocycles. The van der Waals surface area contributed by atoms with E-state index in [1.54, 1.807) is 4.31 Å². The summed E-state index contributed by atoms with van der Waals surface area (Å²) in [5.41, 5.74) is 0. The molecule has 0 spiro atoms. The molecular weight excluding hydrogens is 276 g/mol. The molecule has 1 aliphatic rings. The maximum absolute atomic E-state index is 12.3. The van der Waals surface area contributed by atoms with Gasteiger partial charge in [0.15, 0.2) is 0 Å². The molecule has 1 unspecified atom stereocenters. The van der Waals surface area contributed by atoms with Crippen molar-refractivity contribution in [3.8, 4) is 0 Å². The summed E-state index contributed by atoms with van der Waals surface area (Å²) in [6.07, 6.45) is 3.57. The van der Waals surface area contributed by atoms with Gasteiger partial charge in [-0.05, 0) is 39.2 Å². The first-order valence-corrected chi connectivity index (χ1v) is 9.39. The van der Waals surface area contributed by atoms with Crippen molar-refractivity contribution in [1.29, 1.82) is 0 Å². The van der Waals surface area contributed by atoms with Crippen LogP contribution in [-0.2, 0) is 14.8 Å². The maximum atomic E-state index is 12.3. The summed E-state index contributed by atoms with van der Waals surface area (Å²) >= 11 is 0. The number of rotatable bonds is 9. The molecule has 1 aliphatic heterocycles. The summed E-state index contributed by atoms with van der Waals surface area (Å²) in [5.74, 6) is 0.256. The minimum Gasteiger partial charge on any atom is -0.377 e. The van der Waals surface area contributed by atoms with Gasteiger partial charge in [-0.2, -0.15) is 4.31 Å². The SMILES string of the molecule is CCOC1CCCN(S(=O)(=O)CCCCNC(C)C)C1. The Labute approximate surface area is 124 Å². The standard InChI is InChI=1S/C14H30N2O3S/c1-4-19-14-8-7-10-16(12-14)20(17,18)11-6-5-9-15-13(2)3/h13-15H,4-12H2,1-3H3. The van der Waals surface area contributed by atoms with E-state index in [0.29, 0.717) is 25.7 Å². The highest BCUT2D eigenvalue weighted by atomic mass is 32.2. The highest BCUT2D eigenvalue weighted by molar-refractivity contribution is 7.89. The van der Waals surface area contributed by atoms with E-state index in [1.165, 1.54) is 0 Å². The Bertz CT molecular complexity index is 355. The van der Waals surface area contributed by atoms with Crippen molar-refractivity contribution in [2.45, 2.75) is 58.6 Å². The van der Waals surface area contributed by atoms with Gasteiger partial charge in [-0.3, -0.25) is 0 Å². The largest absolute Gasteiger partial charge is 0.377 e. The maximum Gasteiger partial charge on any atom is 0.214 e. The van der Waals surface area contributed by atoms with E-state index >= 15 is 0 Å². The molecule has 0 aliphatic carbocycles. The van der Waals surface area contributed by atoms with Crippen molar-refractivity contribution in [3.05, 3.63) is 0 Å². The third-order valence-corrected chi connectivity index (χ3v) is 5.44. The molecule has 1 saturated heterocycles. The number of piperidine rings is 1. The van der Waals surface area contributed by atoms with E-state index in [2.05, 4.69) is 19.2 Å². The Morgan fingerprint density at radius 1 is 1.35 bits per heavy atom. The Morgan fingerprint density at radius 3 is 2.75 bits per heavy atom. The first-order valence-electron chi connectivity index (χ1n) is 7.78. The van der Waals surface area contributed by atoms with Crippen LogP contribution in [0.4, 0.5) is 0 Å². The van der Waals surface area contributed by atoms with Crippen LogP contribution in [0.15, 0.2) is 0 Å². The number of nitrogens with zero attached hydrogens (tertiary/aromatic N) is 1. The van der Waals surface area contributed by atoms with Gasteiger partial charge in [0.25, 0.3) is 0 Å².